The van der Waals surface area contributed by atoms with Gasteiger partial charge < -0.3 is 25.2 Å². The summed E-state index contributed by atoms with van der Waals surface area (Å²) >= 11 is 0. The predicted octanol–water partition coefficient (Wildman–Crippen LogP) is 1.78. The topological polar surface area (TPSA) is 52.1 Å². The van der Waals surface area contributed by atoms with E-state index in [1.54, 1.807) is 7.11 Å². The Kier molecular flexibility index (Phi) is 12.4. The number of hydrogen-bond donors (Lipinski definition) is 2. The summed E-state index contributed by atoms with van der Waals surface area (Å²) in [6.45, 7) is 8.85. The summed E-state index contributed by atoms with van der Waals surface area (Å²) in [5.74, 6) is 0.650. The molecule has 0 unspecified atom stereocenters. The molecule has 0 aliphatic rings. The minimum atomic E-state index is -0.195. The molecule has 27 heavy (non-hydrogen) atoms. The van der Waals surface area contributed by atoms with E-state index in [9.17, 15) is 4.39 Å². The van der Waals surface area contributed by atoms with E-state index >= 15 is 0 Å². The molecule has 0 atom stereocenters. The van der Waals surface area contributed by atoms with E-state index < -0.39 is 0 Å². The highest BCUT2D eigenvalue weighted by Crippen LogP contribution is 2.04. The van der Waals surface area contributed by atoms with Gasteiger partial charge in [-0.15, -0.1) is 0 Å². The van der Waals surface area contributed by atoms with Crippen molar-refractivity contribution in [2.75, 3.05) is 67.1 Å². The first-order valence-electron chi connectivity index (χ1n) is 9.67. The number of aliphatic imine (C=N–C) groups is 1. The van der Waals surface area contributed by atoms with Crippen LogP contribution in [0.4, 0.5) is 4.39 Å². The second kappa shape index (κ2) is 14.4. The Labute approximate surface area is 163 Å². The van der Waals surface area contributed by atoms with Crippen LogP contribution in [0.1, 0.15) is 18.9 Å². The number of rotatable bonds is 13. The molecule has 1 rings (SSSR count). The molecule has 154 valence electrons. The monoisotopic (exact) mass is 381 g/mol. The second-order valence-corrected chi connectivity index (χ2v) is 6.70. The van der Waals surface area contributed by atoms with Crippen LogP contribution in [0, 0.1) is 5.82 Å². The molecule has 0 amide bonds. The number of nitrogens with zero attached hydrogens (tertiary/aromatic N) is 3. The molecular formula is C20H36FN5O. The minimum absolute atomic E-state index is 0.195. The molecule has 7 heteroatoms. The Morgan fingerprint density at radius 3 is 2.48 bits per heavy atom. The third kappa shape index (κ3) is 11.6. The van der Waals surface area contributed by atoms with E-state index in [4.69, 9.17) is 4.74 Å². The van der Waals surface area contributed by atoms with Crippen LogP contribution in [-0.2, 0) is 11.3 Å². The maximum Gasteiger partial charge on any atom is 0.191 e. The average molecular weight is 382 g/mol. The van der Waals surface area contributed by atoms with Gasteiger partial charge in [-0.3, -0.25) is 4.99 Å². The van der Waals surface area contributed by atoms with Crippen molar-refractivity contribution in [3.05, 3.63) is 35.6 Å². The summed E-state index contributed by atoms with van der Waals surface area (Å²) in [5, 5.41) is 6.65. The van der Waals surface area contributed by atoms with Crippen molar-refractivity contribution < 1.29 is 9.13 Å². The van der Waals surface area contributed by atoms with E-state index in [-0.39, 0.29) is 5.82 Å². The van der Waals surface area contributed by atoms with Crippen LogP contribution < -0.4 is 10.6 Å². The van der Waals surface area contributed by atoms with Gasteiger partial charge in [0, 0.05) is 53.0 Å². The van der Waals surface area contributed by atoms with Crippen molar-refractivity contribution in [3.8, 4) is 0 Å². The highest BCUT2D eigenvalue weighted by atomic mass is 19.1. The maximum absolute atomic E-state index is 13.0. The number of likely N-dealkylation sites (N-methyl/N-ethyl adjacent to an activating group) is 2. The lowest BCUT2D eigenvalue weighted by molar-refractivity contribution is 0.180. The molecule has 0 aliphatic carbocycles. The molecule has 0 spiro atoms. The van der Waals surface area contributed by atoms with Gasteiger partial charge in [-0.05, 0) is 45.1 Å². The smallest absolute Gasteiger partial charge is 0.191 e. The highest BCUT2D eigenvalue weighted by Gasteiger charge is 2.03. The fourth-order valence-electron chi connectivity index (χ4n) is 2.61. The van der Waals surface area contributed by atoms with Crippen molar-refractivity contribution in [3.63, 3.8) is 0 Å². The molecule has 0 bridgehead atoms. The summed E-state index contributed by atoms with van der Waals surface area (Å²) in [4.78, 5) is 9.10. The van der Waals surface area contributed by atoms with Crippen molar-refractivity contribution >= 4 is 5.96 Å². The number of methoxy groups -OCH3 is 1. The van der Waals surface area contributed by atoms with Crippen molar-refractivity contribution in [2.24, 2.45) is 4.99 Å². The van der Waals surface area contributed by atoms with Crippen LogP contribution in [0.3, 0.4) is 0 Å². The van der Waals surface area contributed by atoms with Gasteiger partial charge in [0.15, 0.2) is 5.96 Å². The van der Waals surface area contributed by atoms with E-state index in [0.717, 1.165) is 70.4 Å². The number of hydrogen-bond acceptors (Lipinski definition) is 4. The van der Waals surface area contributed by atoms with Gasteiger partial charge in [0.25, 0.3) is 0 Å². The summed E-state index contributed by atoms with van der Waals surface area (Å²) in [5.41, 5.74) is 1.11. The Bertz CT molecular complexity index is 524. The summed E-state index contributed by atoms with van der Waals surface area (Å²) in [6.07, 6.45) is 1.04. The van der Waals surface area contributed by atoms with Gasteiger partial charge in [0.05, 0.1) is 6.54 Å². The zero-order chi connectivity index (χ0) is 19.9. The fourth-order valence-corrected chi connectivity index (χ4v) is 2.61. The third-order valence-electron chi connectivity index (χ3n) is 4.14. The highest BCUT2D eigenvalue weighted by molar-refractivity contribution is 5.79. The SMILES string of the molecule is CCNC(=NCCN(C)CCCOC)NCCN(C)Cc1ccc(F)cc1. The molecule has 0 heterocycles. The minimum Gasteiger partial charge on any atom is -0.385 e. The molecule has 1 aromatic carbocycles. The van der Waals surface area contributed by atoms with Crippen LogP contribution in [0.25, 0.3) is 0 Å². The van der Waals surface area contributed by atoms with Crippen LogP contribution in [0.5, 0.6) is 0 Å². The van der Waals surface area contributed by atoms with Crippen molar-refractivity contribution in [1.29, 1.82) is 0 Å². The Morgan fingerprint density at radius 1 is 1.07 bits per heavy atom. The molecule has 0 fully saturated rings. The van der Waals surface area contributed by atoms with Crippen LogP contribution in [0.2, 0.25) is 0 Å². The average Bonchev–Trinajstić information content (AvgIpc) is 2.64. The fraction of sp³-hybridized carbons (Fsp3) is 0.650. The standard InChI is InChI=1S/C20H36FN5O/c1-5-22-20(23-11-14-25(2)13-6-16-27-4)24-12-15-26(3)17-18-7-9-19(21)10-8-18/h7-10H,5-6,11-17H2,1-4H3,(H2,22,23,24). The normalized spacial score (nSPS) is 12.0. The second-order valence-electron chi connectivity index (χ2n) is 6.70. The van der Waals surface area contributed by atoms with Gasteiger partial charge >= 0.3 is 0 Å². The van der Waals surface area contributed by atoms with Crippen LogP contribution in [0.15, 0.2) is 29.3 Å². The number of ether oxygens (including phenoxy) is 1. The van der Waals surface area contributed by atoms with Gasteiger partial charge in [0.1, 0.15) is 5.82 Å². The maximum atomic E-state index is 13.0. The Balaban J connectivity index is 2.28. The van der Waals surface area contributed by atoms with Crippen LogP contribution >= 0.6 is 0 Å². The number of benzene rings is 1. The van der Waals surface area contributed by atoms with Gasteiger partial charge in [-0.25, -0.2) is 4.39 Å². The first-order chi connectivity index (χ1) is 13.0. The number of halogens is 1. The van der Waals surface area contributed by atoms with E-state index in [1.165, 1.54) is 12.1 Å². The number of nitrogens with one attached hydrogen (secondary N) is 2. The van der Waals surface area contributed by atoms with Gasteiger partial charge in [0.2, 0.25) is 0 Å². The van der Waals surface area contributed by atoms with E-state index in [1.807, 2.05) is 12.1 Å². The Hall–Kier alpha value is -1.70. The molecule has 0 aliphatic heterocycles. The first kappa shape index (κ1) is 23.3. The summed E-state index contributed by atoms with van der Waals surface area (Å²) < 4.78 is 18.0. The van der Waals surface area contributed by atoms with E-state index in [0.29, 0.717) is 0 Å². The summed E-state index contributed by atoms with van der Waals surface area (Å²) in [7, 11) is 5.90. The van der Waals surface area contributed by atoms with Crippen LogP contribution in [-0.4, -0.2) is 82.8 Å². The zero-order valence-electron chi connectivity index (χ0n) is 17.3. The Morgan fingerprint density at radius 2 is 1.81 bits per heavy atom. The van der Waals surface area contributed by atoms with Crippen molar-refractivity contribution in [1.82, 2.24) is 20.4 Å². The third-order valence-corrected chi connectivity index (χ3v) is 4.14. The molecule has 0 aromatic heterocycles. The molecule has 2 N–H and O–H groups in total. The summed E-state index contributed by atoms with van der Waals surface area (Å²) in [6, 6.07) is 6.66. The number of guanidine groups is 1. The quantitative estimate of drug-likeness (QED) is 0.310. The lowest BCUT2D eigenvalue weighted by atomic mass is 10.2. The predicted molar refractivity (Wildman–Crippen MR) is 111 cm³/mol. The van der Waals surface area contributed by atoms with Gasteiger partial charge in [-0.2, -0.15) is 0 Å². The molecular weight excluding hydrogens is 345 g/mol. The molecule has 6 nitrogen and oxygen atoms in total. The molecule has 0 saturated heterocycles. The zero-order valence-corrected chi connectivity index (χ0v) is 17.3. The van der Waals surface area contributed by atoms with Gasteiger partial charge in [-0.1, -0.05) is 12.1 Å². The molecule has 0 saturated carbocycles. The lowest BCUT2D eigenvalue weighted by Gasteiger charge is -2.19. The first-order valence-corrected chi connectivity index (χ1v) is 9.67. The van der Waals surface area contributed by atoms with E-state index in [2.05, 4.69) is 46.4 Å². The molecule has 0 radical (unpaired) electrons. The lowest BCUT2D eigenvalue weighted by Crippen LogP contribution is -2.41. The largest absolute Gasteiger partial charge is 0.385 e. The molecule has 1 aromatic rings. The van der Waals surface area contributed by atoms with Crippen molar-refractivity contribution in [2.45, 2.75) is 19.9 Å².